The van der Waals surface area contributed by atoms with E-state index in [9.17, 15) is 9.90 Å². The van der Waals surface area contributed by atoms with E-state index in [4.69, 9.17) is 14.2 Å². The Bertz CT molecular complexity index is 816. The zero-order valence-electron chi connectivity index (χ0n) is 16.4. The second-order valence-electron chi connectivity index (χ2n) is 7.42. The van der Waals surface area contributed by atoms with Gasteiger partial charge in [0.2, 0.25) is 0 Å². The van der Waals surface area contributed by atoms with Crippen molar-refractivity contribution in [2.75, 3.05) is 19.8 Å². The SMILES string of the molecule is CCOc1ncc(C2(O)CC3COCC(C2)N3C(=O)OCc2ccccc2)cn1. The van der Waals surface area contributed by atoms with Crippen LogP contribution >= 0.6 is 0 Å². The van der Waals surface area contributed by atoms with Crippen molar-refractivity contribution in [1.82, 2.24) is 14.9 Å². The summed E-state index contributed by atoms with van der Waals surface area (Å²) in [6.07, 6.45) is 3.48. The van der Waals surface area contributed by atoms with Gasteiger partial charge in [-0.15, -0.1) is 0 Å². The predicted molar refractivity (Wildman–Crippen MR) is 103 cm³/mol. The molecule has 4 rings (SSSR count). The molecule has 2 atom stereocenters. The number of amides is 1. The molecule has 0 spiro atoms. The molecule has 154 valence electrons. The van der Waals surface area contributed by atoms with Crippen molar-refractivity contribution in [3.8, 4) is 6.01 Å². The quantitative estimate of drug-likeness (QED) is 0.824. The monoisotopic (exact) mass is 399 g/mol. The van der Waals surface area contributed by atoms with E-state index in [0.29, 0.717) is 38.2 Å². The minimum Gasteiger partial charge on any atom is -0.464 e. The van der Waals surface area contributed by atoms with Gasteiger partial charge in [-0.3, -0.25) is 4.90 Å². The lowest BCUT2D eigenvalue weighted by molar-refractivity contribution is -0.137. The molecule has 1 amide bonds. The van der Waals surface area contributed by atoms with Crippen LogP contribution in [0.15, 0.2) is 42.7 Å². The molecular formula is C21H25N3O5. The number of carbonyl (C=O) groups is 1. The zero-order chi connectivity index (χ0) is 20.3. The fourth-order valence-corrected chi connectivity index (χ4v) is 4.06. The number of hydrogen-bond donors (Lipinski definition) is 1. The molecule has 8 heteroatoms. The van der Waals surface area contributed by atoms with Crippen LogP contribution in [0.4, 0.5) is 4.79 Å². The molecule has 2 fully saturated rings. The van der Waals surface area contributed by atoms with E-state index >= 15 is 0 Å². The van der Waals surface area contributed by atoms with Crippen molar-refractivity contribution >= 4 is 6.09 Å². The van der Waals surface area contributed by atoms with Gasteiger partial charge in [-0.25, -0.2) is 14.8 Å². The molecule has 2 aromatic rings. The van der Waals surface area contributed by atoms with Crippen LogP contribution in [-0.4, -0.2) is 58.0 Å². The molecule has 29 heavy (non-hydrogen) atoms. The van der Waals surface area contributed by atoms with Crippen LogP contribution in [0.2, 0.25) is 0 Å². The largest absolute Gasteiger partial charge is 0.464 e. The first-order valence-corrected chi connectivity index (χ1v) is 9.83. The first-order valence-electron chi connectivity index (χ1n) is 9.83. The van der Waals surface area contributed by atoms with E-state index in [-0.39, 0.29) is 30.8 Å². The number of nitrogens with zero attached hydrogens (tertiary/aromatic N) is 3. The van der Waals surface area contributed by atoms with Crippen molar-refractivity contribution in [3.63, 3.8) is 0 Å². The summed E-state index contributed by atoms with van der Waals surface area (Å²) < 4.78 is 16.5. The van der Waals surface area contributed by atoms with Crippen molar-refractivity contribution in [3.05, 3.63) is 53.9 Å². The lowest BCUT2D eigenvalue weighted by atomic mass is 9.78. The highest BCUT2D eigenvalue weighted by Crippen LogP contribution is 2.41. The fraction of sp³-hybridized carbons (Fsp3) is 0.476. The van der Waals surface area contributed by atoms with E-state index in [1.807, 2.05) is 37.3 Å². The Hall–Kier alpha value is -2.71. The van der Waals surface area contributed by atoms with Gasteiger partial charge in [0.25, 0.3) is 0 Å². The van der Waals surface area contributed by atoms with Crippen LogP contribution < -0.4 is 4.74 Å². The molecule has 2 aliphatic rings. The summed E-state index contributed by atoms with van der Waals surface area (Å²) in [6, 6.07) is 9.30. The summed E-state index contributed by atoms with van der Waals surface area (Å²) >= 11 is 0. The molecule has 0 saturated carbocycles. The maximum Gasteiger partial charge on any atom is 0.410 e. The number of aliphatic hydroxyl groups is 1. The molecule has 2 bridgehead atoms. The van der Waals surface area contributed by atoms with Gasteiger partial charge in [0.05, 0.1) is 37.5 Å². The van der Waals surface area contributed by atoms with Gasteiger partial charge in [-0.2, -0.15) is 0 Å². The predicted octanol–water partition coefficient (Wildman–Crippen LogP) is 2.26. The number of morpholine rings is 1. The van der Waals surface area contributed by atoms with Crippen molar-refractivity contribution in [2.24, 2.45) is 0 Å². The zero-order valence-corrected chi connectivity index (χ0v) is 16.4. The summed E-state index contributed by atoms with van der Waals surface area (Å²) in [7, 11) is 0. The first-order chi connectivity index (χ1) is 14.1. The lowest BCUT2D eigenvalue weighted by Gasteiger charge is -2.50. The third-order valence-electron chi connectivity index (χ3n) is 5.41. The van der Waals surface area contributed by atoms with Gasteiger partial charge in [-0.1, -0.05) is 30.3 Å². The average Bonchev–Trinajstić information content (AvgIpc) is 2.73. The molecule has 1 N–H and O–H groups in total. The minimum atomic E-state index is -1.12. The molecule has 1 aromatic heterocycles. The summed E-state index contributed by atoms with van der Waals surface area (Å²) in [6.45, 7) is 3.27. The Morgan fingerprint density at radius 1 is 1.21 bits per heavy atom. The Kier molecular flexibility index (Phi) is 5.64. The molecule has 8 nitrogen and oxygen atoms in total. The number of ether oxygens (including phenoxy) is 3. The lowest BCUT2D eigenvalue weighted by Crippen LogP contribution is -2.62. The number of hydrogen-bond acceptors (Lipinski definition) is 7. The van der Waals surface area contributed by atoms with Crippen LogP contribution in [0.5, 0.6) is 6.01 Å². The van der Waals surface area contributed by atoms with Crippen LogP contribution in [-0.2, 0) is 21.7 Å². The van der Waals surface area contributed by atoms with Gasteiger partial charge in [0.15, 0.2) is 0 Å². The number of fused-ring (bicyclic) bond motifs is 2. The molecule has 2 aliphatic heterocycles. The number of benzene rings is 1. The summed E-state index contributed by atoms with van der Waals surface area (Å²) in [5, 5.41) is 11.3. The number of rotatable bonds is 5. The Morgan fingerprint density at radius 3 is 2.48 bits per heavy atom. The van der Waals surface area contributed by atoms with Gasteiger partial charge in [-0.05, 0) is 12.5 Å². The van der Waals surface area contributed by atoms with Crippen molar-refractivity contribution < 1.29 is 24.1 Å². The summed E-state index contributed by atoms with van der Waals surface area (Å²) in [5.41, 5.74) is 0.428. The standard InChI is InChI=1S/C21H25N3O5/c1-2-28-19-22-10-16(11-23-19)21(26)8-17-13-27-14-18(9-21)24(17)20(25)29-12-15-6-4-3-5-7-15/h3-7,10-11,17-18,26H,2,8-9,12-14H2,1H3. The molecule has 3 heterocycles. The Labute approximate surface area is 169 Å². The van der Waals surface area contributed by atoms with Crippen LogP contribution in [0.25, 0.3) is 0 Å². The smallest absolute Gasteiger partial charge is 0.410 e. The van der Waals surface area contributed by atoms with Crippen LogP contribution in [0.1, 0.15) is 30.9 Å². The highest BCUT2D eigenvalue weighted by Gasteiger charge is 2.49. The fourth-order valence-electron chi connectivity index (χ4n) is 4.06. The van der Waals surface area contributed by atoms with Crippen molar-refractivity contribution in [1.29, 1.82) is 0 Å². The second kappa shape index (κ2) is 8.34. The molecule has 1 aromatic carbocycles. The van der Waals surface area contributed by atoms with Crippen molar-refractivity contribution in [2.45, 2.75) is 44.1 Å². The highest BCUT2D eigenvalue weighted by molar-refractivity contribution is 5.69. The van der Waals surface area contributed by atoms with Gasteiger partial charge in [0, 0.05) is 30.8 Å². The topological polar surface area (TPSA) is 94.0 Å². The number of aromatic nitrogens is 2. The molecular weight excluding hydrogens is 374 g/mol. The maximum absolute atomic E-state index is 12.8. The van der Waals surface area contributed by atoms with Gasteiger partial charge >= 0.3 is 12.1 Å². The normalized spacial score (nSPS) is 26.1. The molecule has 0 radical (unpaired) electrons. The summed E-state index contributed by atoms with van der Waals surface area (Å²) in [5.74, 6) is 0. The second-order valence-corrected chi connectivity index (χ2v) is 7.42. The molecule has 0 aliphatic carbocycles. The number of piperidine rings is 1. The van der Waals surface area contributed by atoms with Gasteiger partial charge < -0.3 is 19.3 Å². The maximum atomic E-state index is 12.8. The number of carbonyl (C=O) groups excluding carboxylic acids is 1. The Balaban J connectivity index is 1.46. The first kappa shape index (κ1) is 19.6. The summed E-state index contributed by atoms with van der Waals surface area (Å²) in [4.78, 5) is 22.8. The van der Waals surface area contributed by atoms with E-state index < -0.39 is 5.60 Å². The average molecular weight is 399 g/mol. The highest BCUT2D eigenvalue weighted by atomic mass is 16.6. The minimum absolute atomic E-state index is 0.216. The molecule has 2 saturated heterocycles. The van der Waals surface area contributed by atoms with E-state index in [2.05, 4.69) is 9.97 Å². The third kappa shape index (κ3) is 4.18. The van der Waals surface area contributed by atoms with E-state index in [1.165, 1.54) is 0 Å². The van der Waals surface area contributed by atoms with Crippen LogP contribution in [0, 0.1) is 0 Å². The third-order valence-corrected chi connectivity index (χ3v) is 5.41. The van der Waals surface area contributed by atoms with Crippen LogP contribution in [0.3, 0.4) is 0 Å². The van der Waals surface area contributed by atoms with E-state index in [1.54, 1.807) is 17.3 Å². The van der Waals surface area contributed by atoms with Gasteiger partial charge in [0.1, 0.15) is 6.61 Å². The Morgan fingerprint density at radius 2 is 1.86 bits per heavy atom. The van der Waals surface area contributed by atoms with E-state index in [0.717, 1.165) is 5.56 Å². The molecule has 2 unspecified atom stereocenters.